The first-order chi connectivity index (χ1) is 27.7. The van der Waals surface area contributed by atoms with E-state index in [2.05, 4.69) is 200 Å². The predicted molar refractivity (Wildman–Crippen MR) is 252 cm³/mol. The molecule has 4 nitrogen and oxygen atoms in total. The number of hydrogen-bond donors (Lipinski definition) is 1. The Morgan fingerprint density at radius 2 is 1.55 bits per heavy atom. The Bertz CT molecular complexity index is 2360. The molecule has 2 unspecified atom stereocenters. The fourth-order valence-electron chi connectivity index (χ4n) is 9.41. The van der Waals surface area contributed by atoms with Crippen LogP contribution in [0.2, 0.25) is 19.6 Å². The summed E-state index contributed by atoms with van der Waals surface area (Å²) in [6.45, 7) is 31.0. The fraction of sp³-hybridized carbons (Fsp3) is 0.358. The van der Waals surface area contributed by atoms with E-state index in [0.29, 0.717) is 11.8 Å². The summed E-state index contributed by atoms with van der Waals surface area (Å²) in [6, 6.07) is 32.2. The summed E-state index contributed by atoms with van der Waals surface area (Å²) in [7, 11) is -1.57. The first kappa shape index (κ1) is 41.2. The Hall–Kier alpha value is -5.00. The van der Waals surface area contributed by atoms with Gasteiger partial charge in [-0.3, -0.25) is 4.98 Å². The summed E-state index contributed by atoms with van der Waals surface area (Å²) >= 11 is 0. The summed E-state index contributed by atoms with van der Waals surface area (Å²) in [4.78, 5) is 7.75. The van der Waals surface area contributed by atoms with Crippen LogP contribution in [-0.4, -0.2) is 19.6 Å². The quantitative estimate of drug-likeness (QED) is 0.0733. The van der Waals surface area contributed by atoms with Gasteiger partial charge in [-0.15, -0.1) is 0 Å². The molecule has 0 saturated heterocycles. The number of aromatic nitrogens is 2. The number of anilines is 3. The lowest BCUT2D eigenvalue weighted by Gasteiger charge is -2.31. The number of nitrogens with one attached hydrogen (secondary N) is 1. The molecule has 1 aliphatic carbocycles. The molecule has 0 amide bonds. The van der Waals surface area contributed by atoms with Crippen molar-refractivity contribution in [1.29, 1.82) is 0 Å². The fourth-order valence-corrected chi connectivity index (χ4v) is 10.5. The molecule has 2 aromatic heterocycles. The van der Waals surface area contributed by atoms with Crippen molar-refractivity contribution in [2.45, 2.75) is 118 Å². The standard InChI is InChI=1S/C53H65N4Si/c1-13-15-21-36(7)28-46-48(32-49-51(46)43-25-20-19-24-42(43)47-27-26-41(33-57(47)49)58(10,11)12)56(14-2)50-29-37(8)54-38(9)52(50)55-53-44(34(3)4)30-40(31-45(53)35(5)6)39-22-17-16-18-23-39/h15-27,29-31,33-35,49,51,55H,7,13-14,28,32H2,1-6,8-12H3/q+1/b21-15-. The van der Waals surface area contributed by atoms with E-state index in [1.54, 1.807) is 0 Å². The predicted octanol–water partition coefficient (Wildman–Crippen LogP) is 13.6. The molecule has 7 rings (SSSR count). The van der Waals surface area contributed by atoms with Crippen LogP contribution in [0.15, 0.2) is 127 Å². The van der Waals surface area contributed by atoms with Crippen molar-refractivity contribution in [3.05, 3.63) is 155 Å². The minimum atomic E-state index is -1.57. The summed E-state index contributed by atoms with van der Waals surface area (Å²) in [6.07, 6.45) is 9.80. The third-order valence-electron chi connectivity index (χ3n) is 12.4. The summed E-state index contributed by atoms with van der Waals surface area (Å²) in [5, 5.41) is 5.63. The Kier molecular flexibility index (Phi) is 11.9. The van der Waals surface area contributed by atoms with Gasteiger partial charge in [-0.25, -0.2) is 0 Å². The zero-order chi connectivity index (χ0) is 41.5. The molecule has 0 spiro atoms. The molecule has 5 aromatic rings. The lowest BCUT2D eigenvalue weighted by molar-refractivity contribution is -0.714. The van der Waals surface area contributed by atoms with Gasteiger partial charge >= 0.3 is 0 Å². The largest absolute Gasteiger partial charge is 0.352 e. The zero-order valence-corrected chi connectivity index (χ0v) is 38.0. The van der Waals surface area contributed by atoms with Gasteiger partial charge in [0.05, 0.1) is 43.0 Å². The van der Waals surface area contributed by atoms with Crippen molar-refractivity contribution in [1.82, 2.24) is 4.98 Å². The van der Waals surface area contributed by atoms with Gasteiger partial charge < -0.3 is 10.2 Å². The van der Waals surface area contributed by atoms with Gasteiger partial charge in [0.2, 0.25) is 5.69 Å². The molecular weight excluding hydrogens is 721 g/mol. The van der Waals surface area contributed by atoms with Crippen LogP contribution in [0.5, 0.6) is 0 Å². The maximum absolute atomic E-state index is 5.12. The maximum atomic E-state index is 5.12. The number of rotatable bonds is 13. The Balaban J connectivity index is 1.43. The molecule has 3 heterocycles. The molecule has 2 aliphatic rings. The average molecular weight is 786 g/mol. The van der Waals surface area contributed by atoms with Crippen LogP contribution in [-0.2, 0) is 0 Å². The second-order valence-electron chi connectivity index (χ2n) is 18.2. The number of fused-ring (bicyclic) bond motifs is 6. The number of nitrogens with zero attached hydrogens (tertiary/aromatic N) is 3. The maximum Gasteiger partial charge on any atom is 0.213 e. The van der Waals surface area contributed by atoms with E-state index in [0.717, 1.165) is 48.5 Å². The normalized spacial score (nSPS) is 16.2. The highest BCUT2D eigenvalue weighted by atomic mass is 28.3. The minimum Gasteiger partial charge on any atom is -0.352 e. The molecule has 5 heteroatoms. The van der Waals surface area contributed by atoms with Crippen molar-refractivity contribution in [2.24, 2.45) is 0 Å². The zero-order valence-electron chi connectivity index (χ0n) is 37.0. The average Bonchev–Trinajstić information content (AvgIpc) is 3.56. The van der Waals surface area contributed by atoms with Crippen LogP contribution in [0.3, 0.4) is 0 Å². The smallest absolute Gasteiger partial charge is 0.213 e. The lowest BCUT2D eigenvalue weighted by Crippen LogP contribution is -2.51. The minimum absolute atomic E-state index is 0.243. The monoisotopic (exact) mass is 785 g/mol. The molecule has 0 fully saturated rings. The van der Waals surface area contributed by atoms with Gasteiger partial charge in [0.15, 0.2) is 12.2 Å². The van der Waals surface area contributed by atoms with Crippen molar-refractivity contribution < 1.29 is 4.57 Å². The molecule has 0 radical (unpaired) electrons. The van der Waals surface area contributed by atoms with Gasteiger partial charge in [-0.05, 0) is 103 Å². The summed E-state index contributed by atoms with van der Waals surface area (Å²) in [5.41, 5.74) is 18.9. The Labute approximate surface area is 350 Å². The van der Waals surface area contributed by atoms with Crippen LogP contribution in [0.4, 0.5) is 17.1 Å². The van der Waals surface area contributed by atoms with Gasteiger partial charge in [-0.2, -0.15) is 4.57 Å². The SMILES string of the molecule is C=C(/C=C\CC)CC1=C(N(CC)c2cc(C)nc(C)c2Nc2c(C(C)C)cc(-c3ccccc3)cc2C(C)C)CC2C1c1ccccc1-c1ccc([Si](C)(C)C)c[n+]12. The lowest BCUT2D eigenvalue weighted by atomic mass is 9.80. The molecule has 0 bridgehead atoms. The molecular formula is C53H65N4Si+. The van der Waals surface area contributed by atoms with Crippen molar-refractivity contribution in [2.75, 3.05) is 16.8 Å². The molecule has 1 aliphatic heterocycles. The second kappa shape index (κ2) is 16.7. The van der Waals surface area contributed by atoms with Gasteiger partial charge in [0.1, 0.15) is 0 Å². The first-order valence-electron chi connectivity index (χ1n) is 21.7. The Morgan fingerprint density at radius 3 is 2.19 bits per heavy atom. The van der Waals surface area contributed by atoms with Crippen LogP contribution in [0.25, 0.3) is 22.4 Å². The number of hydrogen-bond acceptors (Lipinski definition) is 3. The van der Waals surface area contributed by atoms with Crippen LogP contribution in [0, 0.1) is 13.8 Å². The molecule has 2 atom stereocenters. The van der Waals surface area contributed by atoms with Crippen molar-refractivity contribution >= 4 is 30.3 Å². The van der Waals surface area contributed by atoms with Crippen LogP contribution in [0.1, 0.15) is 113 Å². The number of pyridine rings is 2. The van der Waals surface area contributed by atoms with E-state index in [-0.39, 0.29) is 12.0 Å². The van der Waals surface area contributed by atoms with E-state index in [1.807, 2.05) is 0 Å². The highest BCUT2D eigenvalue weighted by molar-refractivity contribution is 6.88. The topological polar surface area (TPSA) is 32.0 Å². The third kappa shape index (κ3) is 7.90. The molecule has 0 saturated carbocycles. The van der Waals surface area contributed by atoms with Crippen LogP contribution >= 0.6 is 0 Å². The van der Waals surface area contributed by atoms with Gasteiger partial charge in [0.25, 0.3) is 0 Å². The van der Waals surface area contributed by atoms with Gasteiger partial charge in [0, 0.05) is 34.9 Å². The Morgan fingerprint density at radius 1 is 0.879 bits per heavy atom. The molecule has 1 N–H and O–H groups in total. The number of aryl methyl sites for hydroxylation is 2. The second-order valence-corrected chi connectivity index (χ2v) is 23.3. The summed E-state index contributed by atoms with van der Waals surface area (Å²) in [5.74, 6) is 0.883. The van der Waals surface area contributed by atoms with Crippen molar-refractivity contribution in [3.63, 3.8) is 0 Å². The molecule has 58 heavy (non-hydrogen) atoms. The van der Waals surface area contributed by atoms with Crippen molar-refractivity contribution in [3.8, 4) is 22.4 Å². The number of allylic oxidation sites excluding steroid dienone is 5. The molecule has 300 valence electrons. The van der Waals surface area contributed by atoms with E-state index in [9.17, 15) is 0 Å². The van der Waals surface area contributed by atoms with E-state index >= 15 is 0 Å². The number of benzene rings is 3. The summed E-state index contributed by atoms with van der Waals surface area (Å²) < 4.78 is 2.66. The molecule has 3 aromatic carbocycles. The van der Waals surface area contributed by atoms with Gasteiger partial charge in [-0.1, -0.05) is 133 Å². The van der Waals surface area contributed by atoms with E-state index in [4.69, 9.17) is 4.98 Å². The van der Waals surface area contributed by atoms with Crippen LogP contribution < -0.4 is 20.0 Å². The third-order valence-corrected chi connectivity index (χ3v) is 14.4. The highest BCUT2D eigenvalue weighted by Crippen LogP contribution is 2.54. The van der Waals surface area contributed by atoms with E-state index < -0.39 is 8.07 Å². The first-order valence-corrected chi connectivity index (χ1v) is 25.2. The van der Waals surface area contributed by atoms with E-state index in [1.165, 1.54) is 66.9 Å². The highest BCUT2D eigenvalue weighted by Gasteiger charge is 2.49.